The van der Waals surface area contributed by atoms with E-state index in [2.05, 4.69) is 0 Å². The molecule has 0 radical (unpaired) electrons. The molecule has 1 fully saturated rings. The van der Waals surface area contributed by atoms with Crippen LogP contribution in [0.1, 0.15) is 30.9 Å². The molecule has 2 atom stereocenters. The Labute approximate surface area is 119 Å². The Hall–Kier alpha value is -1.27. The zero-order valence-electron chi connectivity index (χ0n) is 11.7. The Balaban J connectivity index is 2.35. The second-order valence-electron chi connectivity index (χ2n) is 4.95. The van der Waals surface area contributed by atoms with Crippen molar-refractivity contribution < 1.29 is 23.0 Å². The van der Waals surface area contributed by atoms with Crippen molar-refractivity contribution in [2.24, 2.45) is 0 Å². The number of sulfone groups is 1. The number of rotatable bonds is 4. The van der Waals surface area contributed by atoms with Gasteiger partial charge in [-0.15, -0.1) is 0 Å². The maximum atomic E-state index is 12.1. The average Bonchev–Trinajstić information content (AvgIpc) is 2.45. The minimum absolute atomic E-state index is 0.146. The lowest BCUT2D eigenvalue weighted by Gasteiger charge is -2.27. The van der Waals surface area contributed by atoms with Crippen molar-refractivity contribution >= 4 is 9.84 Å². The molecule has 0 spiro atoms. The summed E-state index contributed by atoms with van der Waals surface area (Å²) in [5.74, 6) is 1.19. The van der Waals surface area contributed by atoms with Gasteiger partial charge in [-0.05, 0) is 25.0 Å². The Morgan fingerprint density at radius 1 is 1.25 bits per heavy atom. The quantitative estimate of drug-likeness (QED) is 0.916. The zero-order chi connectivity index (χ0) is 14.8. The first-order chi connectivity index (χ1) is 9.49. The molecule has 2 unspecified atom stereocenters. The molecule has 6 heteroatoms. The Morgan fingerprint density at radius 2 is 2.00 bits per heavy atom. The summed E-state index contributed by atoms with van der Waals surface area (Å²) in [5, 5.41) is 9.71. The molecular formula is C14H20O5S. The van der Waals surface area contributed by atoms with Crippen LogP contribution < -0.4 is 9.47 Å². The van der Waals surface area contributed by atoms with Crippen LogP contribution in [0.4, 0.5) is 0 Å². The lowest BCUT2D eigenvalue weighted by atomic mass is 10.0. The molecule has 1 saturated heterocycles. The van der Waals surface area contributed by atoms with Crippen molar-refractivity contribution in [3.63, 3.8) is 0 Å². The molecule has 112 valence electrons. The molecule has 0 amide bonds. The topological polar surface area (TPSA) is 72.8 Å². The van der Waals surface area contributed by atoms with Gasteiger partial charge in [0.1, 0.15) is 11.5 Å². The van der Waals surface area contributed by atoms with Crippen molar-refractivity contribution in [3.8, 4) is 11.5 Å². The largest absolute Gasteiger partial charge is 0.497 e. The Morgan fingerprint density at radius 3 is 2.60 bits per heavy atom. The molecular weight excluding hydrogens is 280 g/mol. The third kappa shape index (κ3) is 2.91. The summed E-state index contributed by atoms with van der Waals surface area (Å²) in [4.78, 5) is 0. The van der Waals surface area contributed by atoms with Crippen molar-refractivity contribution in [3.05, 3.63) is 23.8 Å². The van der Waals surface area contributed by atoms with E-state index in [1.165, 1.54) is 14.2 Å². The summed E-state index contributed by atoms with van der Waals surface area (Å²) >= 11 is 0. The highest BCUT2D eigenvalue weighted by Gasteiger charge is 2.36. The van der Waals surface area contributed by atoms with Crippen molar-refractivity contribution in [1.82, 2.24) is 0 Å². The fraction of sp³-hybridized carbons (Fsp3) is 0.571. The molecule has 1 aromatic carbocycles. The van der Waals surface area contributed by atoms with E-state index in [1.807, 2.05) is 0 Å². The smallest absolute Gasteiger partial charge is 0.156 e. The van der Waals surface area contributed by atoms with E-state index >= 15 is 0 Å². The van der Waals surface area contributed by atoms with Crippen LogP contribution >= 0.6 is 0 Å². The second kappa shape index (κ2) is 6.01. The number of hydrogen-bond donors (Lipinski definition) is 1. The van der Waals surface area contributed by atoms with Crippen molar-refractivity contribution in [2.75, 3.05) is 20.0 Å². The fourth-order valence-corrected chi connectivity index (χ4v) is 4.57. The van der Waals surface area contributed by atoms with E-state index in [9.17, 15) is 13.5 Å². The molecule has 2 rings (SSSR count). The van der Waals surface area contributed by atoms with Gasteiger partial charge in [-0.1, -0.05) is 6.42 Å². The molecule has 1 aromatic rings. The molecule has 1 aliphatic heterocycles. The van der Waals surface area contributed by atoms with Gasteiger partial charge in [0.25, 0.3) is 0 Å². The van der Waals surface area contributed by atoms with Gasteiger partial charge in [0, 0.05) is 11.6 Å². The first kappa shape index (κ1) is 15.1. The van der Waals surface area contributed by atoms with Gasteiger partial charge >= 0.3 is 0 Å². The zero-order valence-corrected chi connectivity index (χ0v) is 12.5. The van der Waals surface area contributed by atoms with E-state index in [1.54, 1.807) is 18.2 Å². The van der Waals surface area contributed by atoms with Crippen LogP contribution in [0.25, 0.3) is 0 Å². The van der Waals surface area contributed by atoms with Crippen molar-refractivity contribution in [2.45, 2.75) is 30.6 Å². The highest BCUT2D eigenvalue weighted by Crippen LogP contribution is 2.36. The average molecular weight is 300 g/mol. The predicted molar refractivity (Wildman–Crippen MR) is 75.9 cm³/mol. The maximum absolute atomic E-state index is 12.1. The summed E-state index contributed by atoms with van der Waals surface area (Å²) in [6.07, 6.45) is 0.907. The molecule has 5 nitrogen and oxygen atoms in total. The predicted octanol–water partition coefficient (Wildman–Crippen LogP) is 1.70. The number of aliphatic hydroxyl groups is 1. The number of ether oxygens (including phenoxy) is 2. The van der Waals surface area contributed by atoms with E-state index in [0.29, 0.717) is 29.9 Å². The fourth-order valence-electron chi connectivity index (χ4n) is 2.60. The molecule has 20 heavy (non-hydrogen) atoms. The third-order valence-electron chi connectivity index (χ3n) is 3.74. The monoisotopic (exact) mass is 300 g/mol. The molecule has 1 aliphatic rings. The van der Waals surface area contributed by atoms with Gasteiger partial charge in [-0.25, -0.2) is 8.42 Å². The molecule has 0 aliphatic carbocycles. The third-order valence-corrected chi connectivity index (χ3v) is 6.01. The normalized spacial score (nSPS) is 23.1. The maximum Gasteiger partial charge on any atom is 0.156 e. The van der Waals surface area contributed by atoms with Gasteiger partial charge in [0.15, 0.2) is 9.84 Å². The highest BCUT2D eigenvalue weighted by molar-refractivity contribution is 7.92. The summed E-state index contributed by atoms with van der Waals surface area (Å²) in [6, 6.07) is 5.00. The summed E-state index contributed by atoms with van der Waals surface area (Å²) in [6.45, 7) is 0. The summed E-state index contributed by atoms with van der Waals surface area (Å²) in [7, 11) is -0.224. The van der Waals surface area contributed by atoms with Crippen molar-refractivity contribution in [1.29, 1.82) is 0 Å². The summed E-state index contributed by atoms with van der Waals surface area (Å²) in [5.41, 5.74) is 0.490. The van der Waals surface area contributed by atoms with Crippen LogP contribution in [0.2, 0.25) is 0 Å². The highest BCUT2D eigenvalue weighted by atomic mass is 32.2. The van der Waals surface area contributed by atoms with Gasteiger partial charge in [-0.2, -0.15) is 0 Å². The van der Waals surface area contributed by atoms with E-state index in [-0.39, 0.29) is 5.75 Å². The lowest BCUT2D eigenvalue weighted by molar-refractivity contribution is 0.160. The Kier molecular flexibility index (Phi) is 4.55. The van der Waals surface area contributed by atoms with Gasteiger partial charge in [0.05, 0.1) is 31.3 Å². The SMILES string of the molecule is COc1ccc(C(O)C2CCCCS2(=O)=O)c(OC)c1. The number of methoxy groups -OCH3 is 2. The first-order valence-electron chi connectivity index (χ1n) is 6.61. The molecule has 0 bridgehead atoms. The number of aliphatic hydroxyl groups excluding tert-OH is 1. The summed E-state index contributed by atoms with van der Waals surface area (Å²) < 4.78 is 34.5. The number of benzene rings is 1. The second-order valence-corrected chi connectivity index (χ2v) is 7.29. The van der Waals surface area contributed by atoms with E-state index < -0.39 is 21.2 Å². The lowest BCUT2D eigenvalue weighted by Crippen LogP contribution is -2.34. The van der Waals surface area contributed by atoms with E-state index in [0.717, 1.165) is 6.42 Å². The van der Waals surface area contributed by atoms with Crippen LogP contribution in [0.5, 0.6) is 11.5 Å². The van der Waals surface area contributed by atoms with Crippen LogP contribution in [-0.2, 0) is 9.84 Å². The van der Waals surface area contributed by atoms with Gasteiger partial charge < -0.3 is 14.6 Å². The molecule has 1 N–H and O–H groups in total. The van der Waals surface area contributed by atoms with Crippen LogP contribution in [-0.4, -0.2) is 38.7 Å². The molecule has 0 aromatic heterocycles. The van der Waals surface area contributed by atoms with E-state index in [4.69, 9.17) is 9.47 Å². The number of hydrogen-bond acceptors (Lipinski definition) is 5. The van der Waals surface area contributed by atoms with Gasteiger partial charge in [-0.3, -0.25) is 0 Å². The van der Waals surface area contributed by atoms with Crippen LogP contribution in [0, 0.1) is 0 Å². The standard InChI is InChI=1S/C14H20O5S/c1-18-10-6-7-11(12(9-10)19-2)14(15)13-5-3-4-8-20(13,16)17/h6-7,9,13-15H,3-5,8H2,1-2H3. The van der Waals surface area contributed by atoms with Crippen LogP contribution in [0.3, 0.4) is 0 Å². The Bertz CT molecular complexity index is 567. The molecule has 0 saturated carbocycles. The first-order valence-corrected chi connectivity index (χ1v) is 8.32. The molecule has 1 heterocycles. The van der Waals surface area contributed by atoms with Gasteiger partial charge in [0.2, 0.25) is 0 Å². The minimum atomic E-state index is -3.25. The minimum Gasteiger partial charge on any atom is -0.497 e. The van der Waals surface area contributed by atoms with Crippen LogP contribution in [0.15, 0.2) is 18.2 Å².